The molecule has 8 nitrogen and oxygen atoms in total. The Bertz CT molecular complexity index is 735. The van der Waals surface area contributed by atoms with Gasteiger partial charge in [-0.05, 0) is 31.0 Å². The number of rotatable bonds is 6. The Morgan fingerprint density at radius 3 is 2.84 bits per heavy atom. The fraction of sp³-hybridized carbons (Fsp3) is 0.500. The first kappa shape index (κ1) is 19.4. The first-order chi connectivity index (χ1) is 11.9. The SMILES string of the molecule is COC(=O)c1cccc(S(=O)(=O)N2CCCC(C(=O)NCCN)C2)c1. The van der Waals surface area contributed by atoms with Crippen molar-refractivity contribution in [2.45, 2.75) is 17.7 Å². The molecule has 1 fully saturated rings. The van der Waals surface area contributed by atoms with Gasteiger partial charge in [0.15, 0.2) is 0 Å². The summed E-state index contributed by atoms with van der Waals surface area (Å²) >= 11 is 0. The maximum absolute atomic E-state index is 12.9. The van der Waals surface area contributed by atoms with Gasteiger partial charge in [0.05, 0.1) is 23.5 Å². The van der Waals surface area contributed by atoms with Crippen molar-refractivity contribution in [1.29, 1.82) is 0 Å². The summed E-state index contributed by atoms with van der Waals surface area (Å²) in [5.74, 6) is -1.19. The number of piperidine rings is 1. The lowest BCUT2D eigenvalue weighted by Crippen LogP contribution is -2.46. The minimum atomic E-state index is -3.79. The summed E-state index contributed by atoms with van der Waals surface area (Å²) in [6, 6.07) is 5.71. The molecule has 0 aromatic heterocycles. The number of nitrogens with two attached hydrogens (primary N) is 1. The summed E-state index contributed by atoms with van der Waals surface area (Å²) in [7, 11) is -2.56. The van der Waals surface area contributed by atoms with Gasteiger partial charge in [-0.15, -0.1) is 0 Å². The summed E-state index contributed by atoms with van der Waals surface area (Å²) < 4.78 is 31.6. The van der Waals surface area contributed by atoms with Crippen LogP contribution in [0.15, 0.2) is 29.2 Å². The van der Waals surface area contributed by atoms with E-state index in [-0.39, 0.29) is 22.9 Å². The molecular weight excluding hydrogens is 346 g/mol. The Kier molecular flexibility index (Phi) is 6.51. The van der Waals surface area contributed by atoms with Crippen LogP contribution < -0.4 is 11.1 Å². The second-order valence-corrected chi connectivity index (χ2v) is 7.74. The van der Waals surface area contributed by atoms with Crippen LogP contribution in [0.1, 0.15) is 23.2 Å². The number of hydrogen-bond donors (Lipinski definition) is 2. The number of ether oxygens (including phenoxy) is 1. The molecule has 1 aliphatic rings. The maximum Gasteiger partial charge on any atom is 0.337 e. The van der Waals surface area contributed by atoms with Crippen LogP contribution in [0.3, 0.4) is 0 Å². The number of methoxy groups -OCH3 is 1. The van der Waals surface area contributed by atoms with Crippen molar-refractivity contribution >= 4 is 21.9 Å². The molecule has 0 saturated carbocycles. The second kappa shape index (κ2) is 8.41. The predicted octanol–water partition coefficient (Wildman–Crippen LogP) is -0.0512. The van der Waals surface area contributed by atoms with Gasteiger partial charge in [0.25, 0.3) is 0 Å². The Labute approximate surface area is 147 Å². The zero-order valence-corrected chi connectivity index (χ0v) is 14.9. The number of benzene rings is 1. The molecule has 9 heteroatoms. The molecule has 1 aromatic rings. The van der Waals surface area contributed by atoms with Crippen molar-refractivity contribution in [1.82, 2.24) is 9.62 Å². The molecule has 3 N–H and O–H groups in total. The van der Waals surface area contributed by atoms with E-state index < -0.39 is 21.9 Å². The van der Waals surface area contributed by atoms with E-state index in [2.05, 4.69) is 10.1 Å². The molecule has 1 heterocycles. The topological polar surface area (TPSA) is 119 Å². The summed E-state index contributed by atoms with van der Waals surface area (Å²) in [6.07, 6.45) is 1.22. The highest BCUT2D eigenvalue weighted by molar-refractivity contribution is 7.89. The van der Waals surface area contributed by atoms with Gasteiger partial charge in [-0.1, -0.05) is 6.07 Å². The Balaban J connectivity index is 2.18. The van der Waals surface area contributed by atoms with Gasteiger partial charge in [0.1, 0.15) is 0 Å². The number of esters is 1. The predicted molar refractivity (Wildman–Crippen MR) is 91.3 cm³/mol. The highest BCUT2D eigenvalue weighted by Gasteiger charge is 2.33. The monoisotopic (exact) mass is 369 g/mol. The van der Waals surface area contributed by atoms with E-state index in [4.69, 9.17) is 5.73 Å². The van der Waals surface area contributed by atoms with Crippen LogP contribution in [0.25, 0.3) is 0 Å². The van der Waals surface area contributed by atoms with Crippen LogP contribution in [-0.2, 0) is 19.6 Å². The average molecular weight is 369 g/mol. The van der Waals surface area contributed by atoms with Crippen molar-refractivity contribution < 1.29 is 22.7 Å². The summed E-state index contributed by atoms with van der Waals surface area (Å²) in [6.45, 7) is 1.15. The first-order valence-electron chi connectivity index (χ1n) is 8.06. The summed E-state index contributed by atoms with van der Waals surface area (Å²) in [5, 5.41) is 2.70. The molecule has 138 valence electrons. The van der Waals surface area contributed by atoms with Crippen molar-refractivity contribution in [3.8, 4) is 0 Å². The number of carbonyl (C=O) groups excluding carboxylic acids is 2. The zero-order chi connectivity index (χ0) is 18.4. The third-order valence-corrected chi connectivity index (χ3v) is 5.95. The van der Waals surface area contributed by atoms with E-state index in [1.165, 1.54) is 35.7 Å². The number of carbonyl (C=O) groups is 2. The van der Waals surface area contributed by atoms with Gasteiger partial charge in [0.2, 0.25) is 15.9 Å². The quantitative estimate of drug-likeness (QED) is 0.679. The second-order valence-electron chi connectivity index (χ2n) is 5.80. The van der Waals surface area contributed by atoms with Gasteiger partial charge >= 0.3 is 5.97 Å². The lowest BCUT2D eigenvalue weighted by Gasteiger charge is -2.31. The van der Waals surface area contributed by atoms with Crippen LogP contribution in [0.5, 0.6) is 0 Å². The van der Waals surface area contributed by atoms with Crippen LogP contribution in [-0.4, -0.2) is 57.9 Å². The molecule has 0 aliphatic carbocycles. The molecule has 1 amide bonds. The third-order valence-electron chi connectivity index (χ3n) is 4.09. The van der Waals surface area contributed by atoms with Crippen LogP contribution in [0.2, 0.25) is 0 Å². The number of sulfonamides is 1. The van der Waals surface area contributed by atoms with E-state index in [9.17, 15) is 18.0 Å². The van der Waals surface area contributed by atoms with Crippen LogP contribution in [0, 0.1) is 5.92 Å². The summed E-state index contributed by atoms with van der Waals surface area (Å²) in [5.41, 5.74) is 5.53. The van der Waals surface area contributed by atoms with Crippen molar-refractivity contribution in [2.24, 2.45) is 11.7 Å². The lowest BCUT2D eigenvalue weighted by molar-refractivity contribution is -0.126. The maximum atomic E-state index is 12.9. The van der Waals surface area contributed by atoms with Gasteiger partial charge in [-0.3, -0.25) is 4.79 Å². The molecule has 1 saturated heterocycles. The van der Waals surface area contributed by atoms with E-state index >= 15 is 0 Å². The fourth-order valence-electron chi connectivity index (χ4n) is 2.76. The molecule has 1 atom stereocenters. The number of hydrogen-bond acceptors (Lipinski definition) is 6. The number of nitrogens with one attached hydrogen (secondary N) is 1. The van der Waals surface area contributed by atoms with Crippen molar-refractivity contribution in [3.05, 3.63) is 29.8 Å². The first-order valence-corrected chi connectivity index (χ1v) is 9.50. The Morgan fingerprint density at radius 2 is 2.16 bits per heavy atom. The zero-order valence-electron chi connectivity index (χ0n) is 14.1. The van der Waals surface area contributed by atoms with Crippen LogP contribution >= 0.6 is 0 Å². The van der Waals surface area contributed by atoms with Gasteiger partial charge in [0, 0.05) is 26.2 Å². The number of amides is 1. The molecular formula is C16H23N3O5S. The molecule has 25 heavy (non-hydrogen) atoms. The van der Waals surface area contributed by atoms with E-state index in [0.717, 1.165) is 0 Å². The Morgan fingerprint density at radius 1 is 1.40 bits per heavy atom. The van der Waals surface area contributed by atoms with E-state index in [0.29, 0.717) is 32.5 Å². The Hall–Kier alpha value is -1.97. The standard InChI is InChI=1S/C16H23N3O5S/c1-24-16(21)12-4-2-6-14(10-12)25(22,23)19-9-3-5-13(11-19)15(20)18-8-7-17/h2,4,6,10,13H,3,5,7-9,11,17H2,1H3,(H,18,20). The van der Waals surface area contributed by atoms with Crippen molar-refractivity contribution in [3.63, 3.8) is 0 Å². The molecule has 2 rings (SSSR count). The molecule has 0 radical (unpaired) electrons. The summed E-state index contributed by atoms with van der Waals surface area (Å²) in [4.78, 5) is 23.7. The largest absolute Gasteiger partial charge is 0.465 e. The molecule has 0 spiro atoms. The highest BCUT2D eigenvalue weighted by atomic mass is 32.2. The average Bonchev–Trinajstić information content (AvgIpc) is 2.65. The molecule has 1 aromatic carbocycles. The third kappa shape index (κ3) is 4.56. The fourth-order valence-corrected chi connectivity index (χ4v) is 4.34. The van der Waals surface area contributed by atoms with Gasteiger partial charge in [-0.25, -0.2) is 13.2 Å². The number of nitrogens with zero attached hydrogens (tertiary/aromatic N) is 1. The highest BCUT2D eigenvalue weighted by Crippen LogP contribution is 2.24. The molecule has 1 aliphatic heterocycles. The molecule has 0 bridgehead atoms. The van der Waals surface area contributed by atoms with Crippen molar-refractivity contribution in [2.75, 3.05) is 33.3 Å². The van der Waals surface area contributed by atoms with E-state index in [1.54, 1.807) is 0 Å². The smallest absolute Gasteiger partial charge is 0.337 e. The minimum Gasteiger partial charge on any atom is -0.465 e. The van der Waals surface area contributed by atoms with Crippen LogP contribution in [0.4, 0.5) is 0 Å². The normalized spacial score (nSPS) is 18.6. The van der Waals surface area contributed by atoms with E-state index in [1.807, 2.05) is 0 Å². The minimum absolute atomic E-state index is 0.0124. The van der Waals surface area contributed by atoms with Gasteiger partial charge in [-0.2, -0.15) is 4.31 Å². The molecule has 1 unspecified atom stereocenters. The lowest BCUT2D eigenvalue weighted by atomic mass is 9.99. The van der Waals surface area contributed by atoms with Gasteiger partial charge < -0.3 is 15.8 Å².